The van der Waals surface area contributed by atoms with Crippen LogP contribution in [0.1, 0.15) is 29.7 Å². The third-order valence-corrected chi connectivity index (χ3v) is 0. The summed E-state index contributed by atoms with van der Waals surface area (Å²) >= 11 is 3.40. The molecule has 0 saturated heterocycles. The van der Waals surface area contributed by atoms with Crippen LogP contribution >= 0.6 is 0 Å². The first kappa shape index (κ1) is 158. The number of hydrogen-bond acceptors (Lipinski definition) is 8. The molecule has 0 aromatic carbocycles. The average molecular weight is 772 g/mol. The second kappa shape index (κ2) is 1130. The van der Waals surface area contributed by atoms with Gasteiger partial charge in [-0.25, -0.2) is 0 Å². The zero-order valence-corrected chi connectivity index (χ0v) is 13.3. The van der Waals surface area contributed by atoms with E-state index in [4.69, 9.17) is 37.5 Å². The first-order valence-electron chi connectivity index (χ1n) is 0.813. The molecule has 0 atom stereocenters. The zero-order chi connectivity index (χ0) is 10.0. The first-order chi connectivity index (χ1) is 5.00. The van der Waals surface area contributed by atoms with Crippen molar-refractivity contribution in [3.05, 3.63) is 9.93 Å². The van der Waals surface area contributed by atoms with Gasteiger partial charge < -0.3 is 11.0 Å². The summed E-state index contributed by atoms with van der Waals surface area (Å²) in [5, 5.41) is 24.0. The van der Waals surface area contributed by atoms with Crippen molar-refractivity contribution in [3.63, 3.8) is 0 Å². The summed E-state index contributed by atoms with van der Waals surface area (Å²) in [6.45, 7) is 0. The summed E-state index contributed by atoms with van der Waals surface area (Å²) in [7, 11) is 0. The molecule has 0 spiro atoms. The van der Waals surface area contributed by atoms with Gasteiger partial charge in [-0.05, 0) is 0 Å². The van der Waals surface area contributed by atoms with Crippen LogP contribution in [0.2, 0.25) is 0 Å². The van der Waals surface area contributed by atoms with E-state index in [2.05, 4.69) is 0 Å². The SMILES string of the molecule is C.C.C.C.O.O.O=O.OO.OO.[Ag].[Ag].[Ag].[O]=[Ag].[O]=[Ag]. The molecule has 0 heterocycles. The minimum atomic E-state index is 0. The van der Waals surface area contributed by atoms with Crippen molar-refractivity contribution in [2.24, 2.45) is 0 Å². The van der Waals surface area contributed by atoms with Crippen molar-refractivity contribution >= 4 is 0 Å². The first-order valence-corrected chi connectivity index (χ1v) is 2.02. The summed E-state index contributed by atoms with van der Waals surface area (Å²) in [5.74, 6) is 0. The average Bonchev–Trinajstić information content (AvgIpc) is 2.20. The molecule has 0 saturated carbocycles. The third kappa shape index (κ3) is 1020. The van der Waals surface area contributed by atoms with Crippen LogP contribution in [-0.4, -0.2) is 32.0 Å². The second-order valence-corrected chi connectivity index (χ2v) is 0. The summed E-state index contributed by atoms with van der Waals surface area (Å²) in [4.78, 5) is 14.0. The van der Waals surface area contributed by atoms with Crippen molar-refractivity contribution in [2.45, 2.75) is 29.7 Å². The fraction of sp³-hybridized carbons (Fsp3) is 1.00. The van der Waals surface area contributed by atoms with Crippen LogP contribution in [0.15, 0.2) is 0 Å². The number of hydrogen-bond donors (Lipinski definition) is 4. The van der Waals surface area contributed by atoms with Crippen molar-refractivity contribution in [1.29, 1.82) is 0 Å². The Bertz CT molecular complexity index is 32.6. The molecule has 0 amide bonds. The van der Waals surface area contributed by atoms with E-state index in [-0.39, 0.29) is 108 Å². The molecule has 15 heteroatoms. The zero-order valence-electron chi connectivity index (χ0n) is 5.93. The Balaban J connectivity index is -0.00000000123. The Morgan fingerprint density at radius 2 is 0.474 bits per heavy atom. The summed E-state index contributed by atoms with van der Waals surface area (Å²) in [5.41, 5.74) is 0. The number of rotatable bonds is 0. The van der Waals surface area contributed by atoms with Crippen LogP contribution in [0, 0.1) is 9.93 Å². The Hall–Kier alpha value is 2.66. The molecule has 0 unspecified atom stereocenters. The molecule has 0 aromatic rings. The predicted octanol–water partition coefficient (Wildman–Crippen LogP) is 0.747. The van der Waals surface area contributed by atoms with E-state index in [1.807, 2.05) is 0 Å². The maximum absolute atomic E-state index is 8.06. The monoisotopic (exact) mass is 767 g/mol. The van der Waals surface area contributed by atoms with Gasteiger partial charge in [0.2, 0.25) is 0 Å². The van der Waals surface area contributed by atoms with Crippen LogP contribution in [-0.2, 0) is 116 Å². The van der Waals surface area contributed by atoms with Crippen molar-refractivity contribution in [1.82, 2.24) is 0 Å². The molecule has 0 aliphatic heterocycles. The van der Waals surface area contributed by atoms with Crippen molar-refractivity contribution < 1.29 is 148 Å². The molecule has 0 rings (SSSR count). The van der Waals surface area contributed by atoms with Gasteiger partial charge >= 0.3 is 48.6 Å². The van der Waals surface area contributed by atoms with Crippen LogP contribution in [0.3, 0.4) is 0 Å². The molecule has 0 aromatic heterocycles. The summed E-state index contributed by atoms with van der Waals surface area (Å²) in [6.07, 6.45) is 0. The standard InChI is InChI=1S/4CH4.5Ag.2H2O2.O2.2H2O.2O/c;;;;;;;;;3*1-2;;;;/h4*1H4;;;;;;2*1-2H;;2*1H2;;. The molecule has 19 heavy (non-hydrogen) atoms. The van der Waals surface area contributed by atoms with E-state index in [1.165, 1.54) is 0 Å². The van der Waals surface area contributed by atoms with Gasteiger partial charge in [0.1, 0.15) is 0 Å². The Labute approximate surface area is 185 Å². The minimum absolute atomic E-state index is 0. The van der Waals surface area contributed by atoms with Gasteiger partial charge in [0, 0.05) is 77.1 Å². The van der Waals surface area contributed by atoms with Crippen molar-refractivity contribution in [3.8, 4) is 0 Å². The summed E-state index contributed by atoms with van der Waals surface area (Å²) < 4.78 is 16.1. The quantitative estimate of drug-likeness (QED) is 0.156. The molecule has 155 valence electrons. The maximum atomic E-state index is 8.06. The van der Waals surface area contributed by atoms with E-state index in [0.29, 0.717) is 0 Å². The molecule has 10 nitrogen and oxygen atoms in total. The van der Waals surface area contributed by atoms with Gasteiger partial charge in [0.05, 0.1) is 0 Å². The Morgan fingerprint density at radius 1 is 0.474 bits per heavy atom. The molecule has 8 N–H and O–H groups in total. The summed E-state index contributed by atoms with van der Waals surface area (Å²) in [6, 6.07) is 0. The van der Waals surface area contributed by atoms with Crippen molar-refractivity contribution in [2.75, 3.05) is 0 Å². The van der Waals surface area contributed by atoms with E-state index in [0.717, 1.165) is 0 Å². The molecular weight excluding hydrogens is 747 g/mol. The van der Waals surface area contributed by atoms with Gasteiger partial charge in [-0.1, -0.05) is 29.7 Å². The molecule has 3 radical (unpaired) electrons. The molecule has 0 fully saturated rings. The van der Waals surface area contributed by atoms with Gasteiger partial charge in [-0.15, -0.1) is 0 Å². The van der Waals surface area contributed by atoms with Gasteiger partial charge in [0.25, 0.3) is 0 Å². The molecule has 0 aliphatic rings. The second-order valence-electron chi connectivity index (χ2n) is 0. The van der Waals surface area contributed by atoms with Crippen LogP contribution in [0.4, 0.5) is 0 Å². The van der Waals surface area contributed by atoms with E-state index in [9.17, 15) is 0 Å². The van der Waals surface area contributed by atoms with Crippen LogP contribution in [0.25, 0.3) is 0 Å². The molecular formula is C4H24Ag5O10. The van der Waals surface area contributed by atoms with Crippen LogP contribution in [0.5, 0.6) is 0 Å². The molecule has 0 aliphatic carbocycles. The third-order valence-electron chi connectivity index (χ3n) is 0. The van der Waals surface area contributed by atoms with Crippen LogP contribution < -0.4 is 0 Å². The van der Waals surface area contributed by atoms with E-state index < -0.39 is 0 Å². The fourth-order valence-electron chi connectivity index (χ4n) is 0. The Kier molecular flexibility index (Phi) is 9350. The van der Waals surface area contributed by atoms with Gasteiger partial charge in [0.15, 0.2) is 0 Å². The fourth-order valence-corrected chi connectivity index (χ4v) is 0. The van der Waals surface area contributed by atoms with E-state index >= 15 is 0 Å². The van der Waals surface area contributed by atoms with Gasteiger partial charge in [-0.2, -0.15) is 0 Å². The van der Waals surface area contributed by atoms with Gasteiger partial charge in [-0.3, -0.25) is 21.0 Å². The predicted molar refractivity (Wildman–Crippen MR) is 52.8 cm³/mol. The topological polar surface area (TPSA) is 212 Å². The van der Waals surface area contributed by atoms with E-state index in [1.54, 1.807) is 42.1 Å². The normalized spacial score (nSPS) is 1.47. The Morgan fingerprint density at radius 3 is 0.474 bits per heavy atom. The molecule has 0 bridgehead atoms.